The van der Waals surface area contributed by atoms with Crippen LogP contribution in [0.3, 0.4) is 0 Å². The first-order valence-electron chi connectivity index (χ1n) is 9.54. The summed E-state index contributed by atoms with van der Waals surface area (Å²) in [6.45, 7) is 7.71. The Hall–Kier alpha value is -1.12. The highest BCUT2D eigenvalue weighted by Gasteiger charge is 2.36. The quantitative estimate of drug-likeness (QED) is 0.743. The molecule has 2 aliphatic carbocycles. The smallest absolute Gasteiger partial charge is 0.0110 e. The summed E-state index contributed by atoms with van der Waals surface area (Å²) < 4.78 is 0. The summed E-state index contributed by atoms with van der Waals surface area (Å²) in [5, 5.41) is 0. The lowest BCUT2D eigenvalue weighted by molar-refractivity contribution is 0.112. The molecule has 1 aromatic rings. The highest BCUT2D eigenvalue weighted by Crippen LogP contribution is 2.43. The number of piperazine rings is 1. The van der Waals surface area contributed by atoms with Gasteiger partial charge in [0.05, 0.1) is 0 Å². The van der Waals surface area contributed by atoms with Crippen molar-refractivity contribution < 1.29 is 0 Å². The van der Waals surface area contributed by atoms with Crippen LogP contribution < -0.4 is 0 Å². The molecule has 0 N–H and O–H groups in total. The minimum Gasteiger partial charge on any atom is -0.301 e. The lowest BCUT2D eigenvalue weighted by Crippen LogP contribution is -2.48. The Morgan fingerprint density at radius 1 is 0.870 bits per heavy atom. The zero-order chi connectivity index (χ0) is 15.5. The van der Waals surface area contributed by atoms with Crippen LogP contribution in [0, 0.1) is 17.8 Å². The first-order valence-corrected chi connectivity index (χ1v) is 9.54. The molecule has 0 unspecified atom stereocenters. The van der Waals surface area contributed by atoms with Crippen LogP contribution in [0.25, 0.3) is 0 Å². The van der Waals surface area contributed by atoms with E-state index in [1.807, 2.05) is 0 Å². The van der Waals surface area contributed by atoms with Crippen molar-refractivity contribution in [3.8, 4) is 0 Å². The van der Waals surface area contributed by atoms with E-state index in [4.69, 9.17) is 0 Å². The molecule has 3 aliphatic rings. The fraction of sp³-hybridized carbons (Fsp3) is 0.619. The van der Waals surface area contributed by atoms with E-state index in [2.05, 4.69) is 52.3 Å². The summed E-state index contributed by atoms with van der Waals surface area (Å²) in [5.41, 5.74) is 1.48. The number of allylic oxidation sites excluding steroid dienone is 2. The predicted octanol–water partition coefficient (Wildman–Crippen LogP) is 3.45. The molecule has 124 valence electrons. The van der Waals surface area contributed by atoms with Gasteiger partial charge < -0.3 is 9.80 Å². The van der Waals surface area contributed by atoms with Crippen molar-refractivity contribution in [1.29, 1.82) is 0 Å². The maximum absolute atomic E-state index is 2.73. The van der Waals surface area contributed by atoms with Gasteiger partial charge in [-0.2, -0.15) is 0 Å². The Balaban J connectivity index is 1.14. The van der Waals surface area contributed by atoms with Crippen LogP contribution in [0.2, 0.25) is 0 Å². The fourth-order valence-electron chi connectivity index (χ4n) is 4.78. The van der Waals surface area contributed by atoms with Gasteiger partial charge in [-0.15, -0.1) is 0 Å². The Labute approximate surface area is 141 Å². The van der Waals surface area contributed by atoms with Gasteiger partial charge in [-0.05, 0) is 55.5 Å². The molecule has 1 heterocycles. The van der Waals surface area contributed by atoms with Crippen LogP contribution in [0.5, 0.6) is 0 Å². The number of hydrogen-bond acceptors (Lipinski definition) is 2. The first kappa shape index (κ1) is 15.4. The SMILES string of the molecule is C1=C[C@H]2C[C@H]1C[C@H]2CN1CCN(CCCc2ccccc2)CC1. The van der Waals surface area contributed by atoms with Crippen molar-refractivity contribution in [1.82, 2.24) is 9.80 Å². The monoisotopic (exact) mass is 310 g/mol. The molecule has 1 saturated heterocycles. The van der Waals surface area contributed by atoms with E-state index in [1.165, 1.54) is 70.5 Å². The molecular formula is C21H30N2. The Morgan fingerprint density at radius 3 is 2.35 bits per heavy atom. The predicted molar refractivity (Wildman–Crippen MR) is 96.5 cm³/mol. The largest absolute Gasteiger partial charge is 0.301 e. The summed E-state index contributed by atoms with van der Waals surface area (Å²) in [6.07, 6.45) is 10.4. The second kappa shape index (κ2) is 7.19. The highest BCUT2D eigenvalue weighted by molar-refractivity contribution is 5.14. The average molecular weight is 310 g/mol. The van der Waals surface area contributed by atoms with Gasteiger partial charge in [0.15, 0.2) is 0 Å². The maximum Gasteiger partial charge on any atom is 0.0110 e. The molecule has 2 heteroatoms. The molecule has 1 aromatic carbocycles. The minimum absolute atomic E-state index is 0.906. The molecule has 2 bridgehead atoms. The molecule has 3 atom stereocenters. The highest BCUT2D eigenvalue weighted by atomic mass is 15.3. The second-order valence-corrected chi connectivity index (χ2v) is 7.77. The zero-order valence-electron chi connectivity index (χ0n) is 14.2. The van der Waals surface area contributed by atoms with E-state index in [1.54, 1.807) is 0 Å². The number of nitrogens with zero attached hydrogens (tertiary/aromatic N) is 2. The standard InChI is InChI=1S/C21H30N2/c1-2-5-18(6-3-1)7-4-10-22-11-13-23(14-12-22)17-21-16-19-8-9-20(21)15-19/h1-3,5-6,8-9,19-21H,4,7,10-17H2/t19-,20-,21-/m0/s1. The Morgan fingerprint density at radius 2 is 1.65 bits per heavy atom. The molecule has 4 rings (SSSR count). The van der Waals surface area contributed by atoms with Gasteiger partial charge in [-0.25, -0.2) is 0 Å². The van der Waals surface area contributed by atoms with Crippen LogP contribution in [0.15, 0.2) is 42.5 Å². The zero-order valence-corrected chi connectivity index (χ0v) is 14.2. The molecule has 1 saturated carbocycles. The lowest BCUT2D eigenvalue weighted by atomic mass is 9.93. The molecule has 2 fully saturated rings. The van der Waals surface area contributed by atoms with Crippen molar-refractivity contribution >= 4 is 0 Å². The van der Waals surface area contributed by atoms with Crippen LogP contribution in [-0.2, 0) is 6.42 Å². The van der Waals surface area contributed by atoms with E-state index < -0.39 is 0 Å². The number of hydrogen-bond donors (Lipinski definition) is 0. The van der Waals surface area contributed by atoms with Gasteiger partial charge in [0.25, 0.3) is 0 Å². The van der Waals surface area contributed by atoms with Gasteiger partial charge in [-0.1, -0.05) is 42.5 Å². The van der Waals surface area contributed by atoms with E-state index in [-0.39, 0.29) is 0 Å². The van der Waals surface area contributed by atoms with Crippen molar-refractivity contribution in [2.75, 3.05) is 39.3 Å². The average Bonchev–Trinajstić information content (AvgIpc) is 3.20. The van der Waals surface area contributed by atoms with Crippen LogP contribution in [-0.4, -0.2) is 49.1 Å². The molecule has 0 aromatic heterocycles. The molecule has 0 radical (unpaired) electrons. The van der Waals surface area contributed by atoms with Crippen molar-refractivity contribution in [2.24, 2.45) is 17.8 Å². The van der Waals surface area contributed by atoms with E-state index in [0.29, 0.717) is 0 Å². The summed E-state index contributed by atoms with van der Waals surface area (Å²) in [5.74, 6) is 2.78. The van der Waals surface area contributed by atoms with Gasteiger partial charge >= 0.3 is 0 Å². The molecule has 0 amide bonds. The van der Waals surface area contributed by atoms with Crippen molar-refractivity contribution in [3.05, 3.63) is 48.0 Å². The number of fused-ring (bicyclic) bond motifs is 2. The lowest BCUT2D eigenvalue weighted by Gasteiger charge is -2.37. The van der Waals surface area contributed by atoms with Crippen molar-refractivity contribution in [2.45, 2.75) is 25.7 Å². The van der Waals surface area contributed by atoms with Crippen molar-refractivity contribution in [3.63, 3.8) is 0 Å². The number of rotatable bonds is 6. The Kier molecular flexibility index (Phi) is 4.82. The third-order valence-corrected chi connectivity index (χ3v) is 6.16. The molecule has 2 nitrogen and oxygen atoms in total. The molecule has 23 heavy (non-hydrogen) atoms. The third kappa shape index (κ3) is 3.87. The van der Waals surface area contributed by atoms with Gasteiger partial charge in [0, 0.05) is 32.7 Å². The number of benzene rings is 1. The van der Waals surface area contributed by atoms with Crippen LogP contribution in [0.4, 0.5) is 0 Å². The first-order chi connectivity index (χ1) is 11.4. The molecule has 1 aliphatic heterocycles. The summed E-state index contributed by atoms with van der Waals surface area (Å²) in [4.78, 5) is 5.40. The summed E-state index contributed by atoms with van der Waals surface area (Å²) >= 11 is 0. The summed E-state index contributed by atoms with van der Waals surface area (Å²) in [7, 11) is 0. The minimum atomic E-state index is 0.906. The molecular weight excluding hydrogens is 280 g/mol. The van der Waals surface area contributed by atoms with Crippen LogP contribution >= 0.6 is 0 Å². The normalized spacial score (nSPS) is 31.0. The second-order valence-electron chi connectivity index (χ2n) is 7.77. The number of aryl methyl sites for hydroxylation is 1. The summed E-state index contributed by atoms with van der Waals surface area (Å²) in [6, 6.07) is 10.9. The van der Waals surface area contributed by atoms with E-state index in [0.717, 1.165) is 17.8 Å². The van der Waals surface area contributed by atoms with Gasteiger partial charge in [-0.3, -0.25) is 0 Å². The van der Waals surface area contributed by atoms with Crippen LogP contribution in [0.1, 0.15) is 24.8 Å². The van der Waals surface area contributed by atoms with Gasteiger partial charge in [0.2, 0.25) is 0 Å². The van der Waals surface area contributed by atoms with E-state index >= 15 is 0 Å². The van der Waals surface area contributed by atoms with Gasteiger partial charge in [0.1, 0.15) is 0 Å². The third-order valence-electron chi connectivity index (χ3n) is 6.16. The Bertz CT molecular complexity index is 516. The van der Waals surface area contributed by atoms with E-state index in [9.17, 15) is 0 Å². The molecule has 0 spiro atoms. The maximum atomic E-state index is 2.73. The topological polar surface area (TPSA) is 6.48 Å². The fourth-order valence-corrected chi connectivity index (χ4v) is 4.78.